The smallest absolute Gasteiger partial charge is 0.244 e. The molecule has 0 aliphatic carbocycles. The Hall–Kier alpha value is -3.01. The summed E-state index contributed by atoms with van der Waals surface area (Å²) in [6.45, 7) is 3.95. The van der Waals surface area contributed by atoms with Gasteiger partial charge in [0.1, 0.15) is 18.2 Å². The average Bonchev–Trinajstić information content (AvgIpc) is 3.20. The van der Waals surface area contributed by atoms with E-state index in [2.05, 4.69) is 15.3 Å². The number of thiophene rings is 1. The number of anilines is 1. The second-order valence-corrected chi connectivity index (χ2v) is 9.53. The first kappa shape index (κ1) is 23.2. The predicted octanol–water partition coefficient (Wildman–Crippen LogP) is 2.79. The Bertz CT molecular complexity index is 1200. The number of amides is 2. The van der Waals surface area contributed by atoms with Gasteiger partial charge in [0, 0.05) is 36.4 Å². The Labute approximate surface area is 201 Å². The molecule has 1 unspecified atom stereocenters. The maximum Gasteiger partial charge on any atom is 0.244 e. The van der Waals surface area contributed by atoms with E-state index in [1.165, 1.54) is 17.7 Å². The third-order valence-electron chi connectivity index (χ3n) is 5.46. The fraction of sp³-hybridized carbons (Fsp3) is 0.304. The van der Waals surface area contributed by atoms with Gasteiger partial charge in [0.05, 0.1) is 16.4 Å². The number of hydrogen-bond acceptors (Lipinski definition) is 7. The van der Waals surface area contributed by atoms with E-state index < -0.39 is 6.04 Å². The van der Waals surface area contributed by atoms with Crippen LogP contribution in [0.2, 0.25) is 4.34 Å². The van der Waals surface area contributed by atoms with E-state index in [9.17, 15) is 9.59 Å². The number of benzene rings is 1. The normalized spacial score (nSPS) is 17.2. The number of aromatic nitrogens is 2. The van der Waals surface area contributed by atoms with Crippen LogP contribution in [0.4, 0.5) is 5.82 Å². The SMILES string of the molecule is CCNC(=O)C1CN(CC=Cc2ccc(Cl)s2)CC(=O)N1Cc1ccc2c(N)ncnc2c1. The molecule has 1 aliphatic rings. The Morgan fingerprint density at radius 1 is 1.33 bits per heavy atom. The van der Waals surface area contributed by atoms with Crippen molar-refractivity contribution in [2.45, 2.75) is 19.5 Å². The molecule has 33 heavy (non-hydrogen) atoms. The molecule has 1 fully saturated rings. The molecule has 2 aromatic heterocycles. The predicted molar refractivity (Wildman–Crippen MR) is 132 cm³/mol. The summed E-state index contributed by atoms with van der Waals surface area (Å²) >= 11 is 7.47. The summed E-state index contributed by atoms with van der Waals surface area (Å²) in [5, 5.41) is 3.63. The molecule has 0 saturated carbocycles. The number of nitrogens with zero attached hydrogens (tertiary/aromatic N) is 4. The third-order valence-corrected chi connectivity index (χ3v) is 6.66. The van der Waals surface area contributed by atoms with Gasteiger partial charge in [-0.25, -0.2) is 9.97 Å². The average molecular weight is 485 g/mol. The highest BCUT2D eigenvalue weighted by molar-refractivity contribution is 7.16. The fourth-order valence-electron chi connectivity index (χ4n) is 3.87. The molecular weight excluding hydrogens is 460 g/mol. The highest BCUT2D eigenvalue weighted by Gasteiger charge is 2.36. The maximum atomic E-state index is 13.1. The zero-order valence-electron chi connectivity index (χ0n) is 18.2. The van der Waals surface area contributed by atoms with Crippen LogP contribution in [0.25, 0.3) is 17.0 Å². The maximum absolute atomic E-state index is 13.1. The van der Waals surface area contributed by atoms with Gasteiger partial charge in [0.2, 0.25) is 11.8 Å². The number of rotatable bonds is 7. The molecule has 0 bridgehead atoms. The second kappa shape index (κ2) is 10.3. The first-order chi connectivity index (χ1) is 15.9. The van der Waals surface area contributed by atoms with Gasteiger partial charge in [0.15, 0.2) is 0 Å². The highest BCUT2D eigenvalue weighted by atomic mass is 35.5. The molecule has 3 heterocycles. The Morgan fingerprint density at radius 2 is 2.18 bits per heavy atom. The van der Waals surface area contributed by atoms with Crippen molar-refractivity contribution in [3.63, 3.8) is 0 Å². The van der Waals surface area contributed by atoms with E-state index in [-0.39, 0.29) is 18.4 Å². The second-order valence-electron chi connectivity index (χ2n) is 7.78. The molecular formula is C23H25ClN6O2S. The molecule has 0 radical (unpaired) electrons. The number of nitrogen functional groups attached to an aromatic ring is 1. The lowest BCUT2D eigenvalue weighted by molar-refractivity contribution is -0.147. The van der Waals surface area contributed by atoms with Crippen molar-refractivity contribution in [2.75, 3.05) is 31.9 Å². The minimum absolute atomic E-state index is 0.0904. The van der Waals surface area contributed by atoms with Crippen molar-refractivity contribution in [3.05, 3.63) is 57.5 Å². The molecule has 3 N–H and O–H groups in total. The molecule has 4 rings (SSSR count). The van der Waals surface area contributed by atoms with Crippen molar-refractivity contribution in [3.8, 4) is 0 Å². The van der Waals surface area contributed by atoms with Gasteiger partial charge < -0.3 is 16.0 Å². The number of likely N-dealkylation sites (N-methyl/N-ethyl adjacent to an activating group) is 1. The molecule has 172 valence electrons. The lowest BCUT2D eigenvalue weighted by Gasteiger charge is -2.40. The molecule has 3 aromatic rings. The summed E-state index contributed by atoms with van der Waals surface area (Å²) in [7, 11) is 0. The monoisotopic (exact) mass is 484 g/mol. The van der Waals surface area contributed by atoms with E-state index in [0.29, 0.717) is 37.5 Å². The Kier molecular flexibility index (Phi) is 7.22. The number of nitrogens with two attached hydrogens (primary N) is 1. The summed E-state index contributed by atoms with van der Waals surface area (Å²) in [6.07, 6.45) is 5.39. The van der Waals surface area contributed by atoms with Crippen LogP contribution in [-0.2, 0) is 16.1 Å². The van der Waals surface area contributed by atoms with E-state index in [0.717, 1.165) is 20.2 Å². The number of piperazine rings is 1. The van der Waals surface area contributed by atoms with Gasteiger partial charge in [0.25, 0.3) is 0 Å². The van der Waals surface area contributed by atoms with Crippen LogP contribution in [0.5, 0.6) is 0 Å². The largest absolute Gasteiger partial charge is 0.383 e. The van der Waals surface area contributed by atoms with E-state index in [1.807, 2.05) is 54.3 Å². The van der Waals surface area contributed by atoms with Crippen molar-refractivity contribution in [1.82, 2.24) is 25.1 Å². The van der Waals surface area contributed by atoms with Crippen LogP contribution >= 0.6 is 22.9 Å². The molecule has 0 spiro atoms. The number of carbonyl (C=O) groups excluding carboxylic acids is 2. The summed E-state index contributed by atoms with van der Waals surface area (Å²) in [5.41, 5.74) is 7.50. The molecule has 2 amide bonds. The Balaban J connectivity index is 1.50. The number of halogens is 1. The zero-order chi connectivity index (χ0) is 23.4. The Morgan fingerprint density at radius 3 is 2.94 bits per heavy atom. The number of hydrogen-bond donors (Lipinski definition) is 2. The van der Waals surface area contributed by atoms with E-state index >= 15 is 0 Å². The van der Waals surface area contributed by atoms with Gasteiger partial charge >= 0.3 is 0 Å². The van der Waals surface area contributed by atoms with Crippen LogP contribution in [0, 0.1) is 0 Å². The van der Waals surface area contributed by atoms with Gasteiger partial charge in [-0.15, -0.1) is 11.3 Å². The first-order valence-corrected chi connectivity index (χ1v) is 11.8. The molecule has 1 aromatic carbocycles. The van der Waals surface area contributed by atoms with Crippen LogP contribution < -0.4 is 11.1 Å². The topological polar surface area (TPSA) is 104 Å². The summed E-state index contributed by atoms with van der Waals surface area (Å²) < 4.78 is 0.734. The zero-order valence-corrected chi connectivity index (χ0v) is 19.8. The molecule has 1 atom stereocenters. The van der Waals surface area contributed by atoms with Crippen LogP contribution in [0.3, 0.4) is 0 Å². The van der Waals surface area contributed by atoms with Gasteiger partial charge in [-0.2, -0.15) is 0 Å². The van der Waals surface area contributed by atoms with Crippen LogP contribution in [0.15, 0.2) is 42.7 Å². The first-order valence-electron chi connectivity index (χ1n) is 10.6. The van der Waals surface area contributed by atoms with Crippen molar-refractivity contribution in [2.24, 2.45) is 0 Å². The minimum Gasteiger partial charge on any atom is -0.383 e. The quantitative estimate of drug-likeness (QED) is 0.534. The summed E-state index contributed by atoms with van der Waals surface area (Å²) in [6, 6.07) is 8.85. The van der Waals surface area contributed by atoms with Crippen molar-refractivity contribution < 1.29 is 9.59 Å². The highest BCUT2D eigenvalue weighted by Crippen LogP contribution is 2.23. The van der Waals surface area contributed by atoms with Crippen LogP contribution in [-0.4, -0.2) is 63.8 Å². The number of fused-ring (bicyclic) bond motifs is 1. The lowest BCUT2D eigenvalue weighted by atomic mass is 10.1. The van der Waals surface area contributed by atoms with Crippen LogP contribution in [0.1, 0.15) is 17.4 Å². The molecule has 1 saturated heterocycles. The molecule has 10 heteroatoms. The van der Waals surface area contributed by atoms with E-state index in [4.69, 9.17) is 17.3 Å². The van der Waals surface area contributed by atoms with Crippen molar-refractivity contribution >= 4 is 57.5 Å². The summed E-state index contributed by atoms with van der Waals surface area (Å²) in [4.78, 5) is 38.9. The standard InChI is InChI=1S/C23H25ClN6O2S/c1-2-26-23(32)19-12-29(9-3-4-16-6-8-20(24)33-16)13-21(31)30(19)11-15-5-7-17-18(10-15)27-14-28-22(17)25/h3-8,10,14,19H,2,9,11-13H2,1H3,(H,26,32)(H2,25,27,28). The third kappa shape index (κ3) is 5.50. The minimum atomic E-state index is -0.582. The van der Waals surface area contributed by atoms with Gasteiger partial charge in [-0.1, -0.05) is 23.7 Å². The lowest BCUT2D eigenvalue weighted by Crippen LogP contribution is -2.61. The number of carbonyl (C=O) groups is 2. The summed E-state index contributed by atoms with van der Waals surface area (Å²) in [5.74, 6) is 0.165. The van der Waals surface area contributed by atoms with Crippen molar-refractivity contribution in [1.29, 1.82) is 0 Å². The molecule has 1 aliphatic heterocycles. The van der Waals surface area contributed by atoms with Gasteiger partial charge in [-0.05, 0) is 42.8 Å². The van der Waals surface area contributed by atoms with E-state index in [1.54, 1.807) is 4.90 Å². The molecule has 8 nitrogen and oxygen atoms in total. The van der Waals surface area contributed by atoms with Gasteiger partial charge in [-0.3, -0.25) is 14.5 Å². The fourth-order valence-corrected chi connectivity index (χ4v) is 4.86. The number of nitrogens with one attached hydrogen (secondary N) is 1.